The normalized spacial score (nSPS) is 40.1. The number of hydrogen-bond donors (Lipinski definition) is 0. The molecule has 0 aromatic heterocycles. The largest absolute Gasteiger partial charge is 0.383 e. The van der Waals surface area contributed by atoms with Gasteiger partial charge in [-0.2, -0.15) is 0 Å². The van der Waals surface area contributed by atoms with Crippen molar-refractivity contribution in [1.82, 2.24) is 4.90 Å². The van der Waals surface area contributed by atoms with E-state index in [0.717, 1.165) is 6.92 Å². The van der Waals surface area contributed by atoms with E-state index in [4.69, 9.17) is 20.4 Å². The van der Waals surface area contributed by atoms with E-state index < -0.39 is 22.1 Å². The Bertz CT molecular complexity index is 347. The predicted molar refractivity (Wildman–Crippen MR) is 68.3 cm³/mol. The third kappa shape index (κ3) is 2.11. The van der Waals surface area contributed by atoms with Gasteiger partial charge in [-0.05, 0) is 26.3 Å². The number of nitrogens with zero attached hydrogens (tertiary/aromatic N) is 1. The average molecular weight is 253 g/mol. The maximum Gasteiger partial charge on any atom is 0.251 e. The molecule has 0 aliphatic carbocycles. The third-order valence-electron chi connectivity index (χ3n) is 4.55. The standard InChI is InChI=1S/C12H19B2F2NO/c1-9(10(2,15)16)4-11(8-18-3)5-12(13,14)7-17(11)6-9/h4-8H2,1-3H3. The Hall–Kier alpha value is -0.0901. The molecule has 2 nitrogen and oxygen atoms in total. The van der Waals surface area contributed by atoms with Gasteiger partial charge >= 0.3 is 0 Å². The van der Waals surface area contributed by atoms with E-state index in [1.54, 1.807) is 14.0 Å². The second-order valence-electron chi connectivity index (χ2n) is 6.55. The third-order valence-corrected chi connectivity index (χ3v) is 4.55. The topological polar surface area (TPSA) is 12.5 Å². The molecule has 18 heavy (non-hydrogen) atoms. The summed E-state index contributed by atoms with van der Waals surface area (Å²) in [5, 5.41) is -0.803. The van der Waals surface area contributed by atoms with Crippen LogP contribution >= 0.6 is 0 Å². The Balaban J connectivity index is 2.28. The van der Waals surface area contributed by atoms with Gasteiger partial charge in [-0.15, -0.1) is 0 Å². The number of halogens is 2. The van der Waals surface area contributed by atoms with Crippen LogP contribution in [0, 0.1) is 5.41 Å². The zero-order valence-corrected chi connectivity index (χ0v) is 11.3. The quantitative estimate of drug-likeness (QED) is 0.708. The molecule has 0 spiro atoms. The van der Waals surface area contributed by atoms with Gasteiger partial charge in [0.05, 0.1) is 22.3 Å². The molecule has 2 rings (SSSR count). The molecule has 0 saturated carbocycles. The zero-order chi connectivity index (χ0) is 13.8. The van der Waals surface area contributed by atoms with Crippen LogP contribution in [-0.2, 0) is 4.74 Å². The highest BCUT2D eigenvalue weighted by atomic mass is 19.3. The first kappa shape index (κ1) is 14.3. The number of rotatable bonds is 3. The van der Waals surface area contributed by atoms with Gasteiger partial charge in [0.1, 0.15) is 0 Å². The SMILES string of the molecule is [B]C1([B])CN2CC(C)(C(C)(F)F)CC2(COC)C1. The molecule has 0 aromatic carbocycles. The molecule has 2 unspecified atom stereocenters. The summed E-state index contributed by atoms with van der Waals surface area (Å²) in [7, 11) is 13.5. The molecule has 0 N–H and O–H groups in total. The van der Waals surface area contributed by atoms with Crippen molar-refractivity contribution in [2.45, 2.75) is 43.4 Å². The minimum atomic E-state index is -2.72. The van der Waals surface area contributed by atoms with E-state index in [1.807, 2.05) is 4.90 Å². The Morgan fingerprint density at radius 3 is 2.39 bits per heavy atom. The summed E-state index contributed by atoms with van der Waals surface area (Å²) in [6.45, 7) is 3.79. The molecule has 0 aromatic rings. The fourth-order valence-corrected chi connectivity index (χ4v) is 3.66. The summed E-state index contributed by atoms with van der Waals surface area (Å²) in [5.74, 6) is -2.72. The Morgan fingerprint density at radius 2 is 1.89 bits per heavy atom. The summed E-state index contributed by atoms with van der Waals surface area (Å²) in [5.41, 5.74) is -1.48. The van der Waals surface area contributed by atoms with Crippen LogP contribution in [0.15, 0.2) is 0 Å². The average Bonchev–Trinajstić information content (AvgIpc) is 2.48. The Labute approximate surface area is 110 Å². The lowest BCUT2D eigenvalue weighted by atomic mass is 9.52. The molecule has 2 heterocycles. The van der Waals surface area contributed by atoms with Crippen LogP contribution < -0.4 is 0 Å². The van der Waals surface area contributed by atoms with Crippen LogP contribution in [0.5, 0.6) is 0 Å². The van der Waals surface area contributed by atoms with Crippen molar-refractivity contribution in [3.8, 4) is 0 Å². The molecule has 2 fully saturated rings. The van der Waals surface area contributed by atoms with Gasteiger partial charge in [0.15, 0.2) is 0 Å². The van der Waals surface area contributed by atoms with Crippen LogP contribution in [0.4, 0.5) is 8.78 Å². The van der Waals surface area contributed by atoms with E-state index in [-0.39, 0.29) is 0 Å². The van der Waals surface area contributed by atoms with Crippen molar-refractivity contribution < 1.29 is 13.5 Å². The minimum absolute atomic E-state index is 0.315. The highest BCUT2D eigenvalue weighted by Crippen LogP contribution is 2.57. The van der Waals surface area contributed by atoms with Crippen LogP contribution in [0.1, 0.15) is 26.7 Å². The Kier molecular flexibility index (Phi) is 3.14. The summed E-state index contributed by atoms with van der Waals surface area (Å²) in [6, 6.07) is 0. The fraction of sp³-hybridized carbons (Fsp3) is 1.00. The molecular formula is C12H19B2F2NO. The van der Waals surface area contributed by atoms with Crippen molar-refractivity contribution in [2.75, 3.05) is 26.8 Å². The zero-order valence-electron chi connectivity index (χ0n) is 11.3. The first-order valence-electron chi connectivity index (χ1n) is 6.23. The minimum Gasteiger partial charge on any atom is -0.383 e. The molecule has 2 aliphatic rings. The highest BCUT2D eigenvalue weighted by Gasteiger charge is 2.63. The molecular weight excluding hydrogens is 234 g/mol. The second kappa shape index (κ2) is 3.95. The van der Waals surface area contributed by atoms with E-state index in [2.05, 4.69) is 0 Å². The van der Waals surface area contributed by atoms with Crippen LogP contribution in [0.2, 0.25) is 5.21 Å². The molecule has 2 aliphatic heterocycles. The van der Waals surface area contributed by atoms with E-state index in [9.17, 15) is 8.78 Å². The summed E-state index contributed by atoms with van der Waals surface area (Å²) in [6.07, 6.45) is 0.868. The van der Waals surface area contributed by atoms with Crippen molar-refractivity contribution in [2.24, 2.45) is 5.41 Å². The molecule has 6 heteroatoms. The maximum absolute atomic E-state index is 13.8. The number of methoxy groups -OCH3 is 1. The summed E-state index contributed by atoms with van der Waals surface area (Å²) in [4.78, 5) is 1.99. The van der Waals surface area contributed by atoms with E-state index in [0.29, 0.717) is 32.5 Å². The number of ether oxygens (including phenoxy) is 1. The molecule has 0 amide bonds. The van der Waals surface area contributed by atoms with Crippen molar-refractivity contribution in [3.63, 3.8) is 0 Å². The molecule has 2 saturated heterocycles. The highest BCUT2D eigenvalue weighted by molar-refractivity contribution is 6.40. The van der Waals surface area contributed by atoms with Crippen LogP contribution in [0.3, 0.4) is 0 Å². The predicted octanol–water partition coefficient (Wildman–Crippen LogP) is 1.60. The van der Waals surface area contributed by atoms with Gasteiger partial charge in [0.2, 0.25) is 0 Å². The Morgan fingerprint density at radius 1 is 1.28 bits per heavy atom. The summed E-state index contributed by atoms with van der Waals surface area (Å²) < 4.78 is 32.8. The van der Waals surface area contributed by atoms with Crippen molar-refractivity contribution in [1.29, 1.82) is 0 Å². The maximum atomic E-state index is 13.8. The molecule has 0 bridgehead atoms. The van der Waals surface area contributed by atoms with Gasteiger partial charge in [-0.3, -0.25) is 4.90 Å². The van der Waals surface area contributed by atoms with Gasteiger partial charge < -0.3 is 4.74 Å². The number of hydrogen-bond acceptors (Lipinski definition) is 2. The van der Waals surface area contributed by atoms with E-state index in [1.165, 1.54) is 0 Å². The molecule has 98 valence electrons. The molecule has 4 radical (unpaired) electrons. The van der Waals surface area contributed by atoms with Crippen molar-refractivity contribution in [3.05, 3.63) is 0 Å². The van der Waals surface area contributed by atoms with Gasteiger partial charge in [0, 0.05) is 24.6 Å². The fourth-order valence-electron chi connectivity index (χ4n) is 3.66. The lowest BCUT2D eigenvalue weighted by Gasteiger charge is -2.35. The van der Waals surface area contributed by atoms with Gasteiger partial charge in [-0.1, -0.05) is 12.1 Å². The second-order valence-corrected chi connectivity index (χ2v) is 6.55. The number of fused-ring (bicyclic) bond motifs is 1. The molecule has 2 atom stereocenters. The van der Waals surface area contributed by atoms with Crippen molar-refractivity contribution >= 4 is 15.7 Å². The lowest BCUT2D eigenvalue weighted by Crippen LogP contribution is -2.42. The monoisotopic (exact) mass is 253 g/mol. The van der Waals surface area contributed by atoms with Gasteiger partial charge in [0.25, 0.3) is 5.92 Å². The first-order chi connectivity index (χ1) is 8.04. The first-order valence-corrected chi connectivity index (χ1v) is 6.23. The van der Waals surface area contributed by atoms with Crippen LogP contribution in [0.25, 0.3) is 0 Å². The van der Waals surface area contributed by atoms with E-state index >= 15 is 0 Å². The van der Waals surface area contributed by atoms with Crippen LogP contribution in [-0.4, -0.2) is 58.9 Å². The lowest BCUT2D eigenvalue weighted by molar-refractivity contribution is -0.0939. The van der Waals surface area contributed by atoms with Gasteiger partial charge in [-0.25, -0.2) is 8.78 Å². The smallest absolute Gasteiger partial charge is 0.251 e. The summed E-state index contributed by atoms with van der Waals surface area (Å²) >= 11 is 0. The number of alkyl halides is 2.